The summed E-state index contributed by atoms with van der Waals surface area (Å²) in [6.45, 7) is 4.45. The van der Waals surface area contributed by atoms with Crippen molar-refractivity contribution < 1.29 is 17.9 Å². The fourth-order valence-corrected chi connectivity index (χ4v) is 5.10. The van der Waals surface area contributed by atoms with Gasteiger partial charge in [-0.1, -0.05) is 6.42 Å². The van der Waals surface area contributed by atoms with Gasteiger partial charge in [-0.2, -0.15) is 0 Å². The van der Waals surface area contributed by atoms with E-state index in [2.05, 4.69) is 0 Å². The number of rotatable bonds is 4. The standard InChI is InChI=1S/C16H28N2O4S/c1-2-23(20,21)17-8-4-7-14(11-17)16(19)18-9-10-22-12-15(18)13-5-3-6-13/h13-15H,2-12H2,1H3. The van der Waals surface area contributed by atoms with E-state index in [1.54, 1.807) is 6.92 Å². The molecule has 3 aliphatic rings. The Morgan fingerprint density at radius 1 is 1.17 bits per heavy atom. The van der Waals surface area contributed by atoms with Gasteiger partial charge in [0, 0.05) is 19.6 Å². The van der Waals surface area contributed by atoms with Gasteiger partial charge in [0.2, 0.25) is 15.9 Å². The Hall–Kier alpha value is -0.660. The van der Waals surface area contributed by atoms with Gasteiger partial charge < -0.3 is 9.64 Å². The highest BCUT2D eigenvalue weighted by Crippen LogP contribution is 2.34. The van der Waals surface area contributed by atoms with Crippen LogP contribution in [0, 0.1) is 11.8 Å². The molecule has 0 bridgehead atoms. The first-order valence-electron chi connectivity index (χ1n) is 8.89. The van der Waals surface area contributed by atoms with Gasteiger partial charge in [0.05, 0.1) is 30.9 Å². The van der Waals surface area contributed by atoms with E-state index in [0.717, 1.165) is 12.8 Å². The van der Waals surface area contributed by atoms with Crippen LogP contribution in [0.2, 0.25) is 0 Å². The van der Waals surface area contributed by atoms with Gasteiger partial charge in [0.15, 0.2) is 0 Å². The monoisotopic (exact) mass is 344 g/mol. The topological polar surface area (TPSA) is 66.9 Å². The van der Waals surface area contributed by atoms with Crippen LogP contribution in [0.3, 0.4) is 0 Å². The van der Waals surface area contributed by atoms with Crippen molar-refractivity contribution in [2.75, 3.05) is 38.6 Å². The molecule has 0 aromatic rings. The molecule has 7 heteroatoms. The van der Waals surface area contributed by atoms with E-state index in [-0.39, 0.29) is 23.6 Å². The minimum Gasteiger partial charge on any atom is -0.377 e. The number of ether oxygens (including phenoxy) is 1. The zero-order chi connectivity index (χ0) is 16.4. The Kier molecular flexibility index (Phi) is 5.28. The van der Waals surface area contributed by atoms with Crippen LogP contribution in [0.25, 0.3) is 0 Å². The lowest BCUT2D eigenvalue weighted by atomic mass is 9.78. The molecule has 1 aliphatic carbocycles. The third-order valence-corrected chi connectivity index (χ3v) is 7.48. The molecule has 2 atom stereocenters. The van der Waals surface area contributed by atoms with Crippen LogP contribution in [-0.4, -0.2) is 68.2 Å². The van der Waals surface area contributed by atoms with E-state index >= 15 is 0 Å². The van der Waals surface area contributed by atoms with Crippen molar-refractivity contribution >= 4 is 15.9 Å². The number of piperidine rings is 1. The second kappa shape index (κ2) is 7.07. The van der Waals surface area contributed by atoms with Crippen LogP contribution < -0.4 is 0 Å². The molecule has 0 aromatic heterocycles. The Morgan fingerprint density at radius 2 is 1.96 bits per heavy atom. The largest absolute Gasteiger partial charge is 0.377 e. The third-order valence-electron chi connectivity index (χ3n) is 5.63. The summed E-state index contributed by atoms with van der Waals surface area (Å²) < 4.78 is 31.3. The molecule has 1 amide bonds. The van der Waals surface area contributed by atoms with Crippen molar-refractivity contribution in [1.82, 2.24) is 9.21 Å². The normalized spacial score (nSPS) is 30.9. The van der Waals surface area contributed by atoms with Gasteiger partial charge in [-0.15, -0.1) is 0 Å². The summed E-state index contributed by atoms with van der Waals surface area (Å²) in [7, 11) is -3.20. The first-order valence-corrected chi connectivity index (χ1v) is 10.5. The summed E-state index contributed by atoms with van der Waals surface area (Å²) >= 11 is 0. The molecule has 0 spiro atoms. The zero-order valence-electron chi connectivity index (χ0n) is 13.9. The van der Waals surface area contributed by atoms with Crippen LogP contribution >= 0.6 is 0 Å². The van der Waals surface area contributed by atoms with E-state index in [0.29, 0.717) is 38.8 Å². The highest BCUT2D eigenvalue weighted by atomic mass is 32.2. The van der Waals surface area contributed by atoms with Crippen molar-refractivity contribution in [3.05, 3.63) is 0 Å². The zero-order valence-corrected chi connectivity index (χ0v) is 14.8. The molecule has 132 valence electrons. The second-order valence-corrected chi connectivity index (χ2v) is 9.22. The number of morpholine rings is 1. The lowest BCUT2D eigenvalue weighted by Gasteiger charge is -2.45. The molecule has 2 unspecified atom stereocenters. The van der Waals surface area contributed by atoms with Crippen molar-refractivity contribution in [1.29, 1.82) is 0 Å². The quantitative estimate of drug-likeness (QED) is 0.765. The summed E-state index contributed by atoms with van der Waals surface area (Å²) in [5, 5.41) is 0. The highest BCUT2D eigenvalue weighted by Gasteiger charge is 2.40. The van der Waals surface area contributed by atoms with Gasteiger partial charge in [-0.3, -0.25) is 4.79 Å². The van der Waals surface area contributed by atoms with E-state index in [4.69, 9.17) is 4.74 Å². The number of nitrogens with zero attached hydrogens (tertiary/aromatic N) is 2. The molecule has 2 heterocycles. The number of amides is 1. The van der Waals surface area contributed by atoms with Crippen molar-refractivity contribution in [2.45, 2.75) is 45.1 Å². The average molecular weight is 344 g/mol. The first-order chi connectivity index (χ1) is 11.0. The maximum atomic E-state index is 13.0. The fourth-order valence-electron chi connectivity index (χ4n) is 3.93. The predicted octanol–water partition coefficient (Wildman–Crippen LogP) is 1.08. The molecule has 2 saturated heterocycles. The van der Waals surface area contributed by atoms with Crippen LogP contribution in [-0.2, 0) is 19.6 Å². The van der Waals surface area contributed by atoms with E-state index in [1.807, 2.05) is 4.90 Å². The Labute approximate surface area is 139 Å². The number of hydrogen-bond acceptors (Lipinski definition) is 4. The maximum Gasteiger partial charge on any atom is 0.227 e. The second-order valence-electron chi connectivity index (χ2n) is 6.96. The van der Waals surface area contributed by atoms with Gasteiger partial charge in [-0.25, -0.2) is 12.7 Å². The molecule has 3 rings (SSSR count). The van der Waals surface area contributed by atoms with Crippen LogP contribution in [0.15, 0.2) is 0 Å². The SMILES string of the molecule is CCS(=O)(=O)N1CCCC(C(=O)N2CCOCC2C2CCC2)C1. The number of carbonyl (C=O) groups excluding carboxylic acids is 1. The highest BCUT2D eigenvalue weighted by molar-refractivity contribution is 7.89. The summed E-state index contributed by atoms with van der Waals surface area (Å²) in [4.78, 5) is 15.0. The van der Waals surface area contributed by atoms with E-state index < -0.39 is 10.0 Å². The Balaban J connectivity index is 1.68. The summed E-state index contributed by atoms with van der Waals surface area (Å²) in [5.74, 6) is 0.626. The number of sulfonamides is 1. The minimum absolute atomic E-state index is 0.107. The van der Waals surface area contributed by atoms with E-state index in [9.17, 15) is 13.2 Å². The van der Waals surface area contributed by atoms with Crippen LogP contribution in [0.1, 0.15) is 39.0 Å². The molecular weight excluding hydrogens is 316 g/mol. The van der Waals surface area contributed by atoms with Gasteiger partial charge in [-0.05, 0) is 38.5 Å². The van der Waals surface area contributed by atoms with Gasteiger partial charge in [0.1, 0.15) is 0 Å². The van der Waals surface area contributed by atoms with Gasteiger partial charge >= 0.3 is 0 Å². The molecule has 2 aliphatic heterocycles. The smallest absolute Gasteiger partial charge is 0.227 e. The van der Waals surface area contributed by atoms with E-state index in [1.165, 1.54) is 23.6 Å². The summed E-state index contributed by atoms with van der Waals surface area (Å²) in [5.41, 5.74) is 0. The Morgan fingerprint density at radius 3 is 2.61 bits per heavy atom. The maximum absolute atomic E-state index is 13.0. The van der Waals surface area contributed by atoms with Crippen LogP contribution in [0.4, 0.5) is 0 Å². The Bertz CT molecular complexity index is 532. The van der Waals surface area contributed by atoms with Gasteiger partial charge in [0.25, 0.3) is 0 Å². The molecular formula is C16H28N2O4S. The molecule has 0 N–H and O–H groups in total. The van der Waals surface area contributed by atoms with Crippen molar-refractivity contribution in [2.24, 2.45) is 11.8 Å². The minimum atomic E-state index is -3.20. The molecule has 3 fully saturated rings. The van der Waals surface area contributed by atoms with Crippen molar-refractivity contribution in [3.8, 4) is 0 Å². The number of hydrogen-bond donors (Lipinski definition) is 0. The summed E-state index contributed by atoms with van der Waals surface area (Å²) in [6.07, 6.45) is 5.17. The predicted molar refractivity (Wildman–Crippen MR) is 87.4 cm³/mol. The first kappa shape index (κ1) is 17.2. The van der Waals surface area contributed by atoms with Crippen LogP contribution in [0.5, 0.6) is 0 Å². The summed E-state index contributed by atoms with van der Waals surface area (Å²) in [6, 6.07) is 0.197. The van der Waals surface area contributed by atoms with Crippen molar-refractivity contribution in [3.63, 3.8) is 0 Å². The average Bonchev–Trinajstić information content (AvgIpc) is 2.53. The molecule has 0 aromatic carbocycles. The molecule has 23 heavy (non-hydrogen) atoms. The fraction of sp³-hybridized carbons (Fsp3) is 0.938. The molecule has 6 nitrogen and oxygen atoms in total. The molecule has 1 saturated carbocycles. The lowest BCUT2D eigenvalue weighted by molar-refractivity contribution is -0.149. The molecule has 0 radical (unpaired) electrons. The lowest BCUT2D eigenvalue weighted by Crippen LogP contribution is -2.57. The third kappa shape index (κ3) is 3.56. The number of carbonyl (C=O) groups is 1.